The number of nitrogens with one attached hydrogen (secondary N) is 3. The smallest absolute Gasteiger partial charge is 0.322 e. The topological polar surface area (TPSA) is 114 Å². The van der Waals surface area contributed by atoms with Gasteiger partial charge in [-0.3, -0.25) is 9.89 Å². The SMILES string of the molecule is Cc1cc(CC(NC(=O)N2CCC(N3Cc4ccccc4NC3=O)CC2)C(=O)N2CCCC2)cc2cn[nH]c12. The van der Waals surface area contributed by atoms with Gasteiger partial charge in [-0.2, -0.15) is 5.10 Å². The summed E-state index contributed by atoms with van der Waals surface area (Å²) in [6.45, 7) is 5.13. The molecule has 1 unspecified atom stereocenters. The first kappa shape index (κ1) is 25.2. The minimum atomic E-state index is -0.638. The van der Waals surface area contributed by atoms with E-state index in [2.05, 4.69) is 26.9 Å². The zero-order valence-electron chi connectivity index (χ0n) is 22.3. The number of piperidine rings is 1. The standard InChI is InChI=1S/C29H35N7O3/c1-19-14-20(15-22-17-30-33-26(19)22)16-25(27(37)34-10-4-5-11-34)32-28(38)35-12-8-23(9-13-35)36-18-21-6-2-3-7-24(21)31-29(36)39/h2-3,6-7,14-15,17,23,25H,4-5,8-13,16,18H2,1H3,(H,30,33)(H,31,39)(H,32,38). The first-order chi connectivity index (χ1) is 19.0. The first-order valence-corrected chi connectivity index (χ1v) is 13.9. The molecular weight excluding hydrogens is 494 g/mol. The van der Waals surface area contributed by atoms with Gasteiger partial charge in [0, 0.05) is 56.3 Å². The van der Waals surface area contributed by atoms with Crippen LogP contribution in [0.2, 0.25) is 0 Å². The number of H-pyrrole nitrogens is 1. The number of rotatable bonds is 5. The molecule has 2 fully saturated rings. The van der Waals surface area contributed by atoms with Crippen LogP contribution < -0.4 is 10.6 Å². The Morgan fingerprint density at radius 2 is 1.85 bits per heavy atom. The number of urea groups is 2. The van der Waals surface area contributed by atoms with Crippen LogP contribution in [0.15, 0.2) is 42.6 Å². The second kappa shape index (κ2) is 10.6. The molecule has 4 heterocycles. The number of amides is 5. The van der Waals surface area contributed by atoms with Crippen molar-refractivity contribution in [2.45, 2.75) is 57.7 Å². The molecule has 1 atom stereocenters. The third-order valence-electron chi connectivity index (χ3n) is 8.31. The molecule has 3 aromatic rings. The van der Waals surface area contributed by atoms with Crippen LogP contribution in [0.1, 0.15) is 42.4 Å². The van der Waals surface area contributed by atoms with E-state index in [0.29, 0.717) is 38.9 Å². The summed E-state index contributed by atoms with van der Waals surface area (Å²) in [5, 5.41) is 14.2. The molecule has 39 heavy (non-hydrogen) atoms. The van der Waals surface area contributed by atoms with E-state index in [4.69, 9.17) is 0 Å². The molecule has 1 aromatic heterocycles. The number of aromatic amines is 1. The fourth-order valence-corrected chi connectivity index (χ4v) is 6.16. The molecule has 0 bridgehead atoms. The van der Waals surface area contributed by atoms with Crippen molar-refractivity contribution in [3.8, 4) is 0 Å². The second-order valence-corrected chi connectivity index (χ2v) is 10.9. The molecule has 10 nitrogen and oxygen atoms in total. The van der Waals surface area contributed by atoms with E-state index < -0.39 is 6.04 Å². The summed E-state index contributed by atoms with van der Waals surface area (Å²) in [5.41, 5.74) is 5.01. The van der Waals surface area contributed by atoms with Gasteiger partial charge in [0.05, 0.1) is 11.7 Å². The zero-order valence-corrected chi connectivity index (χ0v) is 22.3. The minimum Gasteiger partial charge on any atom is -0.341 e. The lowest BCUT2D eigenvalue weighted by Gasteiger charge is -2.40. The number of carbonyl (C=O) groups excluding carboxylic acids is 3. The van der Waals surface area contributed by atoms with Gasteiger partial charge in [-0.1, -0.05) is 24.3 Å². The summed E-state index contributed by atoms with van der Waals surface area (Å²) < 4.78 is 0. The van der Waals surface area contributed by atoms with E-state index in [9.17, 15) is 14.4 Å². The molecule has 6 rings (SSSR count). The van der Waals surface area contributed by atoms with Crippen LogP contribution in [0.3, 0.4) is 0 Å². The lowest BCUT2D eigenvalue weighted by Crippen LogP contribution is -2.56. The highest BCUT2D eigenvalue weighted by atomic mass is 16.2. The van der Waals surface area contributed by atoms with Gasteiger partial charge in [-0.25, -0.2) is 9.59 Å². The summed E-state index contributed by atoms with van der Waals surface area (Å²) in [4.78, 5) is 45.2. The monoisotopic (exact) mass is 529 g/mol. The normalized spacial score (nSPS) is 18.7. The van der Waals surface area contributed by atoms with Gasteiger partial charge in [0.2, 0.25) is 5.91 Å². The molecule has 204 valence electrons. The van der Waals surface area contributed by atoms with Crippen LogP contribution in [0, 0.1) is 6.92 Å². The Labute approximate surface area is 227 Å². The van der Waals surface area contributed by atoms with Gasteiger partial charge < -0.3 is 25.3 Å². The Morgan fingerprint density at radius 3 is 2.64 bits per heavy atom. The first-order valence-electron chi connectivity index (χ1n) is 13.9. The fraction of sp³-hybridized carbons (Fsp3) is 0.448. The fourth-order valence-electron chi connectivity index (χ4n) is 6.16. The van der Waals surface area contributed by atoms with Gasteiger partial charge >= 0.3 is 12.1 Å². The van der Waals surface area contributed by atoms with Gasteiger partial charge in [0.25, 0.3) is 0 Å². The van der Waals surface area contributed by atoms with Crippen LogP contribution in [0.25, 0.3) is 10.9 Å². The molecule has 10 heteroatoms. The summed E-state index contributed by atoms with van der Waals surface area (Å²) in [5.74, 6) is -0.0238. The van der Waals surface area contributed by atoms with E-state index in [1.807, 2.05) is 47.1 Å². The third kappa shape index (κ3) is 5.15. The molecule has 0 spiro atoms. The molecular formula is C29H35N7O3. The Balaban J connectivity index is 1.11. The van der Waals surface area contributed by atoms with Crippen molar-refractivity contribution >= 4 is 34.6 Å². The zero-order chi connectivity index (χ0) is 26.9. The Kier molecular flexibility index (Phi) is 6.85. The number of hydrogen-bond acceptors (Lipinski definition) is 4. The molecule has 3 aliphatic rings. The highest BCUT2D eigenvalue weighted by Crippen LogP contribution is 2.28. The van der Waals surface area contributed by atoms with E-state index in [1.165, 1.54) is 0 Å². The average molecular weight is 530 g/mol. The van der Waals surface area contributed by atoms with Crippen molar-refractivity contribution in [3.63, 3.8) is 0 Å². The molecule has 3 aliphatic heterocycles. The Bertz CT molecular complexity index is 1390. The van der Waals surface area contributed by atoms with E-state index in [-0.39, 0.29) is 24.0 Å². The Hall–Kier alpha value is -4.08. The number of fused-ring (bicyclic) bond motifs is 2. The number of likely N-dealkylation sites (tertiary alicyclic amines) is 2. The number of carbonyl (C=O) groups is 3. The van der Waals surface area contributed by atoms with Gasteiger partial charge in [-0.15, -0.1) is 0 Å². The van der Waals surface area contributed by atoms with Crippen molar-refractivity contribution in [2.75, 3.05) is 31.5 Å². The molecule has 5 amide bonds. The van der Waals surface area contributed by atoms with Crippen molar-refractivity contribution in [1.29, 1.82) is 0 Å². The van der Waals surface area contributed by atoms with Crippen LogP contribution in [-0.4, -0.2) is 81.1 Å². The number of para-hydroxylation sites is 1. The highest BCUT2D eigenvalue weighted by molar-refractivity contribution is 5.92. The summed E-state index contributed by atoms with van der Waals surface area (Å²) in [6, 6.07) is 11.1. The van der Waals surface area contributed by atoms with Crippen LogP contribution in [-0.2, 0) is 17.8 Å². The van der Waals surface area contributed by atoms with Crippen LogP contribution in [0.4, 0.5) is 15.3 Å². The summed E-state index contributed by atoms with van der Waals surface area (Å²) in [6.07, 6.45) is 5.59. The lowest BCUT2D eigenvalue weighted by atomic mass is 10.00. The molecule has 2 saturated heterocycles. The predicted octanol–water partition coefficient (Wildman–Crippen LogP) is 3.63. The van der Waals surface area contributed by atoms with E-state index >= 15 is 0 Å². The summed E-state index contributed by atoms with van der Waals surface area (Å²) >= 11 is 0. The number of anilines is 1. The minimum absolute atomic E-state index is 0.0238. The molecule has 0 saturated carbocycles. The van der Waals surface area contributed by atoms with E-state index in [1.54, 1.807) is 11.1 Å². The van der Waals surface area contributed by atoms with Crippen molar-refractivity contribution in [3.05, 3.63) is 59.3 Å². The molecule has 0 aliphatic carbocycles. The highest BCUT2D eigenvalue weighted by Gasteiger charge is 2.34. The maximum Gasteiger partial charge on any atom is 0.322 e. The van der Waals surface area contributed by atoms with Crippen molar-refractivity contribution in [2.24, 2.45) is 0 Å². The number of hydrogen-bond donors (Lipinski definition) is 3. The predicted molar refractivity (Wildman–Crippen MR) is 148 cm³/mol. The largest absolute Gasteiger partial charge is 0.341 e. The molecule has 3 N–H and O–H groups in total. The van der Waals surface area contributed by atoms with Gasteiger partial charge in [0.15, 0.2) is 0 Å². The summed E-state index contributed by atoms with van der Waals surface area (Å²) in [7, 11) is 0. The molecule has 2 aromatic carbocycles. The quantitative estimate of drug-likeness (QED) is 0.468. The lowest BCUT2D eigenvalue weighted by molar-refractivity contribution is -0.132. The molecule has 0 radical (unpaired) electrons. The van der Waals surface area contributed by atoms with Crippen molar-refractivity contribution < 1.29 is 14.4 Å². The maximum atomic E-state index is 13.5. The second-order valence-electron chi connectivity index (χ2n) is 10.9. The number of benzene rings is 2. The number of aryl methyl sites for hydroxylation is 1. The van der Waals surface area contributed by atoms with Crippen molar-refractivity contribution in [1.82, 2.24) is 30.2 Å². The van der Waals surface area contributed by atoms with Crippen LogP contribution >= 0.6 is 0 Å². The number of nitrogens with zero attached hydrogens (tertiary/aromatic N) is 4. The average Bonchev–Trinajstić information content (AvgIpc) is 3.65. The number of aromatic nitrogens is 2. The van der Waals surface area contributed by atoms with Gasteiger partial charge in [0.1, 0.15) is 6.04 Å². The maximum absolute atomic E-state index is 13.5. The van der Waals surface area contributed by atoms with Gasteiger partial charge in [-0.05, 0) is 61.4 Å². The third-order valence-corrected chi connectivity index (χ3v) is 8.31. The Morgan fingerprint density at radius 1 is 1.08 bits per heavy atom. The van der Waals surface area contributed by atoms with E-state index in [0.717, 1.165) is 59.2 Å². The van der Waals surface area contributed by atoms with Crippen LogP contribution in [0.5, 0.6) is 0 Å².